The molecule has 128 valence electrons. The van der Waals surface area contributed by atoms with E-state index >= 15 is 0 Å². The maximum absolute atomic E-state index is 12.3. The second-order valence-electron chi connectivity index (χ2n) is 5.80. The Hall–Kier alpha value is -1.71. The number of hydrogen-bond donors (Lipinski definition) is 0. The zero-order valence-corrected chi connectivity index (χ0v) is 14.4. The summed E-state index contributed by atoms with van der Waals surface area (Å²) >= 11 is 0. The van der Waals surface area contributed by atoms with Crippen molar-refractivity contribution in [2.45, 2.75) is 11.4 Å². The molecule has 8 nitrogen and oxygen atoms in total. The Morgan fingerprint density at radius 2 is 1.78 bits per heavy atom. The number of likely N-dealkylation sites (N-methyl/N-ethyl adjacent to an activating group) is 1. The summed E-state index contributed by atoms with van der Waals surface area (Å²) in [5.74, 6) is -0.181. The number of piperazine rings is 1. The van der Waals surface area contributed by atoms with Crippen LogP contribution < -0.4 is 5.56 Å². The number of rotatable bonds is 4. The third kappa shape index (κ3) is 3.98. The standard InChI is InChI=1S/C14H22N4O4S/c1-15(2)23(21,22)12-4-5-13(19)18(10-12)11-14(20)17-8-6-16(3)7-9-17/h4-5,10H,6-9,11H2,1-3H3. The zero-order valence-electron chi connectivity index (χ0n) is 13.6. The van der Waals surface area contributed by atoms with Crippen LogP contribution in [0.25, 0.3) is 0 Å². The largest absolute Gasteiger partial charge is 0.339 e. The van der Waals surface area contributed by atoms with Gasteiger partial charge in [0, 0.05) is 52.5 Å². The minimum absolute atomic E-state index is 0.00622. The van der Waals surface area contributed by atoms with Gasteiger partial charge in [0.15, 0.2) is 0 Å². The van der Waals surface area contributed by atoms with Crippen LogP contribution in [-0.4, -0.2) is 80.3 Å². The van der Waals surface area contributed by atoms with Crippen LogP contribution in [-0.2, 0) is 21.4 Å². The fraction of sp³-hybridized carbons (Fsp3) is 0.571. The number of hydrogen-bond acceptors (Lipinski definition) is 5. The van der Waals surface area contributed by atoms with Crippen molar-refractivity contribution >= 4 is 15.9 Å². The summed E-state index contributed by atoms with van der Waals surface area (Å²) in [5.41, 5.74) is -0.398. The highest BCUT2D eigenvalue weighted by Gasteiger charge is 2.21. The molecule has 1 saturated heterocycles. The number of carbonyl (C=O) groups excluding carboxylic acids is 1. The van der Waals surface area contributed by atoms with E-state index in [1.807, 2.05) is 7.05 Å². The summed E-state index contributed by atoms with van der Waals surface area (Å²) in [4.78, 5) is 28.0. The molecule has 1 amide bonds. The number of amides is 1. The van der Waals surface area contributed by atoms with E-state index in [2.05, 4.69) is 4.90 Å². The summed E-state index contributed by atoms with van der Waals surface area (Å²) in [7, 11) is 1.18. The van der Waals surface area contributed by atoms with Crippen molar-refractivity contribution in [3.8, 4) is 0 Å². The molecule has 0 unspecified atom stereocenters. The Bertz CT molecular complexity index is 733. The van der Waals surface area contributed by atoms with Gasteiger partial charge in [-0.2, -0.15) is 0 Å². The van der Waals surface area contributed by atoms with Crippen LogP contribution in [0, 0.1) is 0 Å². The van der Waals surface area contributed by atoms with Crippen molar-refractivity contribution in [2.24, 2.45) is 0 Å². The molecule has 0 bridgehead atoms. The topological polar surface area (TPSA) is 82.9 Å². The molecule has 2 rings (SSSR count). The monoisotopic (exact) mass is 342 g/mol. The maximum Gasteiger partial charge on any atom is 0.251 e. The van der Waals surface area contributed by atoms with E-state index in [-0.39, 0.29) is 17.3 Å². The summed E-state index contributed by atoms with van der Waals surface area (Å²) in [6.07, 6.45) is 1.23. The molecule has 1 fully saturated rings. The highest BCUT2D eigenvalue weighted by atomic mass is 32.2. The summed E-state index contributed by atoms with van der Waals surface area (Å²) in [5, 5.41) is 0. The highest BCUT2D eigenvalue weighted by Crippen LogP contribution is 2.11. The van der Waals surface area contributed by atoms with Crippen molar-refractivity contribution in [2.75, 3.05) is 47.3 Å². The van der Waals surface area contributed by atoms with Crippen LogP contribution in [0.2, 0.25) is 0 Å². The molecule has 0 saturated carbocycles. The highest BCUT2D eigenvalue weighted by molar-refractivity contribution is 7.89. The van der Waals surface area contributed by atoms with E-state index in [1.54, 1.807) is 4.90 Å². The third-order valence-corrected chi connectivity index (χ3v) is 5.70. The smallest absolute Gasteiger partial charge is 0.251 e. The lowest BCUT2D eigenvalue weighted by molar-refractivity contribution is -0.133. The van der Waals surface area contributed by atoms with Crippen molar-refractivity contribution in [3.05, 3.63) is 28.7 Å². The molecule has 1 aliphatic heterocycles. The molecule has 9 heteroatoms. The van der Waals surface area contributed by atoms with Gasteiger partial charge < -0.3 is 14.4 Å². The predicted octanol–water partition coefficient (Wildman–Crippen LogP) is -1.13. The Labute approximate surface area is 136 Å². The lowest BCUT2D eigenvalue weighted by atomic mass is 10.3. The van der Waals surface area contributed by atoms with Gasteiger partial charge in [0.1, 0.15) is 6.54 Å². The average Bonchev–Trinajstić information content (AvgIpc) is 2.49. The number of aromatic nitrogens is 1. The first-order valence-corrected chi connectivity index (χ1v) is 8.75. The zero-order chi connectivity index (χ0) is 17.2. The Kier molecular flexibility index (Phi) is 5.23. The van der Waals surface area contributed by atoms with Crippen LogP contribution in [0.4, 0.5) is 0 Å². The van der Waals surface area contributed by atoms with E-state index in [1.165, 1.54) is 32.4 Å². The van der Waals surface area contributed by atoms with Gasteiger partial charge in [-0.25, -0.2) is 12.7 Å². The van der Waals surface area contributed by atoms with Crippen LogP contribution in [0.3, 0.4) is 0 Å². The molecule has 0 atom stereocenters. The molecular formula is C14H22N4O4S. The molecule has 2 heterocycles. The Morgan fingerprint density at radius 3 is 2.35 bits per heavy atom. The number of pyridine rings is 1. The van der Waals surface area contributed by atoms with Crippen LogP contribution in [0.5, 0.6) is 0 Å². The molecule has 1 aliphatic rings. The van der Waals surface area contributed by atoms with Gasteiger partial charge in [0.05, 0.1) is 4.90 Å². The fourth-order valence-electron chi connectivity index (χ4n) is 2.30. The first kappa shape index (κ1) is 17.6. The van der Waals surface area contributed by atoms with Crippen molar-refractivity contribution in [3.63, 3.8) is 0 Å². The minimum Gasteiger partial charge on any atom is -0.339 e. The molecule has 1 aromatic rings. The summed E-state index contributed by atoms with van der Waals surface area (Å²) < 4.78 is 26.5. The van der Waals surface area contributed by atoms with Gasteiger partial charge in [-0.15, -0.1) is 0 Å². The fourth-order valence-corrected chi connectivity index (χ4v) is 3.22. The third-order valence-electron chi connectivity index (χ3n) is 3.90. The first-order chi connectivity index (χ1) is 10.7. The lowest BCUT2D eigenvalue weighted by Gasteiger charge is -2.32. The van der Waals surface area contributed by atoms with Crippen molar-refractivity contribution < 1.29 is 13.2 Å². The number of nitrogens with zero attached hydrogens (tertiary/aromatic N) is 4. The summed E-state index contributed by atoms with van der Waals surface area (Å²) in [6, 6.07) is 2.43. The van der Waals surface area contributed by atoms with E-state index in [4.69, 9.17) is 0 Å². The summed E-state index contributed by atoms with van der Waals surface area (Å²) in [6.45, 7) is 2.64. The van der Waals surface area contributed by atoms with Gasteiger partial charge in [-0.05, 0) is 13.1 Å². The predicted molar refractivity (Wildman–Crippen MR) is 85.7 cm³/mol. The van der Waals surface area contributed by atoms with E-state index in [0.29, 0.717) is 13.1 Å². The molecule has 23 heavy (non-hydrogen) atoms. The van der Waals surface area contributed by atoms with Gasteiger partial charge in [-0.3, -0.25) is 9.59 Å². The number of carbonyl (C=O) groups is 1. The second-order valence-corrected chi connectivity index (χ2v) is 7.95. The minimum atomic E-state index is -3.64. The quantitative estimate of drug-likeness (QED) is 0.692. The second kappa shape index (κ2) is 6.81. The normalized spacial score (nSPS) is 16.8. The Morgan fingerprint density at radius 1 is 1.17 bits per heavy atom. The molecular weight excluding hydrogens is 320 g/mol. The molecule has 0 aromatic carbocycles. The molecule has 0 N–H and O–H groups in total. The van der Waals surface area contributed by atoms with Gasteiger partial charge >= 0.3 is 0 Å². The van der Waals surface area contributed by atoms with Crippen molar-refractivity contribution in [1.29, 1.82) is 0 Å². The molecule has 0 radical (unpaired) electrons. The maximum atomic E-state index is 12.3. The van der Waals surface area contributed by atoms with E-state index in [9.17, 15) is 18.0 Å². The van der Waals surface area contributed by atoms with E-state index < -0.39 is 15.6 Å². The SMILES string of the molecule is CN1CCN(C(=O)Cn2cc(S(=O)(=O)N(C)C)ccc2=O)CC1. The van der Waals surface area contributed by atoms with Crippen LogP contribution >= 0.6 is 0 Å². The molecule has 0 aliphatic carbocycles. The average molecular weight is 342 g/mol. The Balaban J connectivity index is 2.20. The first-order valence-electron chi connectivity index (χ1n) is 7.31. The molecule has 1 aromatic heterocycles. The number of sulfonamides is 1. The lowest BCUT2D eigenvalue weighted by Crippen LogP contribution is -2.48. The van der Waals surface area contributed by atoms with Gasteiger partial charge in [0.2, 0.25) is 15.9 Å². The molecule has 0 spiro atoms. The van der Waals surface area contributed by atoms with Crippen molar-refractivity contribution in [1.82, 2.24) is 18.7 Å². The van der Waals surface area contributed by atoms with Crippen LogP contribution in [0.1, 0.15) is 0 Å². The van der Waals surface area contributed by atoms with Crippen LogP contribution in [0.15, 0.2) is 28.0 Å². The van der Waals surface area contributed by atoms with E-state index in [0.717, 1.165) is 22.0 Å². The van der Waals surface area contributed by atoms with Gasteiger partial charge in [0.25, 0.3) is 5.56 Å². The van der Waals surface area contributed by atoms with Gasteiger partial charge in [-0.1, -0.05) is 0 Å².